The molecular formula is C24H30ClF2N5O2. The third-order valence-electron chi connectivity index (χ3n) is 7.17. The maximum absolute atomic E-state index is 12.8. The third kappa shape index (κ3) is 4.13. The summed E-state index contributed by atoms with van der Waals surface area (Å²) in [6, 6.07) is 1.50. The van der Waals surface area contributed by atoms with Gasteiger partial charge in [0.15, 0.2) is 5.58 Å². The predicted molar refractivity (Wildman–Crippen MR) is 128 cm³/mol. The lowest BCUT2D eigenvalue weighted by Crippen LogP contribution is -2.52. The summed E-state index contributed by atoms with van der Waals surface area (Å²) in [7, 11) is 0. The Morgan fingerprint density at radius 1 is 1.21 bits per heavy atom. The van der Waals surface area contributed by atoms with Crippen molar-refractivity contribution in [3.63, 3.8) is 0 Å². The Hall–Kier alpha value is -2.39. The maximum Gasteiger partial charge on any atom is 0.319 e. The van der Waals surface area contributed by atoms with Crippen molar-refractivity contribution >= 4 is 40.1 Å². The number of piperazine rings is 1. The average molecular weight is 494 g/mol. The highest BCUT2D eigenvalue weighted by Gasteiger charge is 2.44. The van der Waals surface area contributed by atoms with E-state index >= 15 is 0 Å². The number of alkyl halides is 2. The highest BCUT2D eigenvalue weighted by Crippen LogP contribution is 2.49. The van der Waals surface area contributed by atoms with Gasteiger partial charge in [-0.15, -0.1) is 0 Å². The fourth-order valence-corrected chi connectivity index (χ4v) is 5.93. The number of anilines is 1. The first-order valence-electron chi connectivity index (χ1n) is 11.9. The number of hydrogen-bond acceptors (Lipinski definition) is 5. The molecule has 2 aromatic rings. The fraction of sp³-hybridized carbons (Fsp3) is 0.583. The molecular weight excluding hydrogens is 464 g/mol. The van der Waals surface area contributed by atoms with Crippen LogP contribution in [0.15, 0.2) is 16.1 Å². The summed E-state index contributed by atoms with van der Waals surface area (Å²) < 4.78 is 32.1. The van der Waals surface area contributed by atoms with Crippen molar-refractivity contribution in [3.8, 4) is 0 Å². The molecule has 2 aliphatic heterocycles. The molecule has 5 rings (SSSR count). The van der Waals surface area contributed by atoms with Crippen molar-refractivity contribution < 1.29 is 18.0 Å². The van der Waals surface area contributed by atoms with E-state index in [0.29, 0.717) is 53.9 Å². The van der Waals surface area contributed by atoms with E-state index in [1.54, 1.807) is 11.0 Å². The van der Waals surface area contributed by atoms with Crippen molar-refractivity contribution in [2.45, 2.75) is 57.9 Å². The van der Waals surface area contributed by atoms with Gasteiger partial charge in [0.1, 0.15) is 5.52 Å². The standard InChI is InChI=1S/C24H30ClF2N5O2/c1-14(2)20(32-10-8-31(9-11-32)13-17(26)27)22-28-16-12-15(25)19-18(21(16)34-22)24(30-23(33)29-19)6-4-3-5-7-24/h12,17H,3-11,13H2,1-2H3,(H2,29,30,33). The Labute approximate surface area is 202 Å². The average Bonchev–Trinajstić information content (AvgIpc) is 3.17. The number of oxazole rings is 1. The SMILES string of the molecule is CC(C)=C(c1nc2cc(Cl)c3c(c2o1)C1(CCCCC1)NC(=O)N3)N1CCN(CC(F)F)CC1. The van der Waals surface area contributed by atoms with Crippen LogP contribution in [0.25, 0.3) is 16.8 Å². The number of aromatic nitrogens is 1. The van der Waals surface area contributed by atoms with Crippen molar-refractivity contribution in [2.24, 2.45) is 0 Å². The maximum atomic E-state index is 12.8. The first-order chi connectivity index (χ1) is 16.3. The van der Waals surface area contributed by atoms with Gasteiger partial charge in [-0.3, -0.25) is 4.90 Å². The van der Waals surface area contributed by atoms with Gasteiger partial charge in [0.25, 0.3) is 6.43 Å². The largest absolute Gasteiger partial charge is 0.434 e. The molecule has 1 aromatic carbocycles. The highest BCUT2D eigenvalue weighted by atomic mass is 35.5. The third-order valence-corrected chi connectivity index (χ3v) is 7.47. The molecule has 184 valence electrons. The first kappa shape index (κ1) is 23.4. The van der Waals surface area contributed by atoms with Gasteiger partial charge in [0.2, 0.25) is 5.89 Å². The van der Waals surface area contributed by atoms with Gasteiger partial charge in [-0.25, -0.2) is 18.6 Å². The normalized spacial score (nSPS) is 20.4. The number of urea groups is 1. The van der Waals surface area contributed by atoms with E-state index in [-0.39, 0.29) is 12.6 Å². The van der Waals surface area contributed by atoms with Crippen LogP contribution >= 0.6 is 11.6 Å². The number of halogens is 3. The van der Waals surface area contributed by atoms with Crippen LogP contribution in [0.5, 0.6) is 0 Å². The molecule has 0 bridgehead atoms. The van der Waals surface area contributed by atoms with Crippen molar-refractivity contribution in [3.05, 3.63) is 28.1 Å². The highest BCUT2D eigenvalue weighted by molar-refractivity contribution is 6.35. The number of fused-ring (bicyclic) bond motifs is 4. The van der Waals surface area contributed by atoms with E-state index in [0.717, 1.165) is 48.9 Å². The molecule has 1 aromatic heterocycles. The van der Waals surface area contributed by atoms with E-state index in [4.69, 9.17) is 21.0 Å². The smallest absolute Gasteiger partial charge is 0.319 e. The lowest BCUT2D eigenvalue weighted by molar-refractivity contribution is 0.0677. The zero-order valence-corrected chi connectivity index (χ0v) is 20.3. The van der Waals surface area contributed by atoms with E-state index in [2.05, 4.69) is 15.5 Å². The van der Waals surface area contributed by atoms with E-state index in [1.165, 1.54) is 0 Å². The zero-order valence-electron chi connectivity index (χ0n) is 19.5. The van der Waals surface area contributed by atoms with Gasteiger partial charge in [-0.05, 0) is 38.3 Å². The predicted octanol–water partition coefficient (Wildman–Crippen LogP) is 5.41. The number of amides is 2. The number of carbonyl (C=O) groups is 1. The van der Waals surface area contributed by atoms with Crippen molar-refractivity contribution in [1.29, 1.82) is 0 Å². The molecule has 34 heavy (non-hydrogen) atoms. The summed E-state index contributed by atoms with van der Waals surface area (Å²) in [5.74, 6) is 0.490. The molecule has 1 saturated carbocycles. The van der Waals surface area contributed by atoms with E-state index in [9.17, 15) is 13.6 Å². The molecule has 1 saturated heterocycles. The number of nitrogens with zero attached hydrogens (tertiary/aromatic N) is 3. The van der Waals surface area contributed by atoms with Crippen LogP contribution in [0, 0.1) is 0 Å². The number of hydrogen-bond donors (Lipinski definition) is 2. The fourth-order valence-electron chi connectivity index (χ4n) is 5.68. The molecule has 3 aliphatic rings. The summed E-state index contributed by atoms with van der Waals surface area (Å²) >= 11 is 6.63. The number of benzene rings is 1. The molecule has 0 unspecified atom stereocenters. The van der Waals surface area contributed by atoms with Gasteiger partial charge in [-0.1, -0.05) is 30.9 Å². The van der Waals surface area contributed by atoms with Crippen LogP contribution in [-0.2, 0) is 5.54 Å². The Morgan fingerprint density at radius 3 is 2.56 bits per heavy atom. The lowest BCUT2D eigenvalue weighted by atomic mass is 9.74. The van der Waals surface area contributed by atoms with Crippen molar-refractivity contribution in [1.82, 2.24) is 20.1 Å². The first-order valence-corrected chi connectivity index (χ1v) is 12.3. The van der Waals surface area contributed by atoms with Gasteiger partial charge < -0.3 is 20.0 Å². The minimum atomic E-state index is -2.33. The molecule has 2 N–H and O–H groups in total. The van der Waals surface area contributed by atoms with Gasteiger partial charge in [-0.2, -0.15) is 0 Å². The summed E-state index contributed by atoms with van der Waals surface area (Å²) in [6.07, 6.45) is 2.46. The minimum Gasteiger partial charge on any atom is -0.434 e. The topological polar surface area (TPSA) is 73.6 Å². The Balaban J connectivity index is 1.55. The second-order valence-electron chi connectivity index (χ2n) is 9.72. The van der Waals surface area contributed by atoms with Gasteiger partial charge >= 0.3 is 6.03 Å². The number of nitrogens with one attached hydrogen (secondary N) is 2. The van der Waals surface area contributed by atoms with Crippen LogP contribution < -0.4 is 10.6 Å². The van der Waals surface area contributed by atoms with Crippen LogP contribution in [0.1, 0.15) is 57.4 Å². The molecule has 1 aliphatic carbocycles. The molecule has 1 spiro atoms. The molecule has 10 heteroatoms. The molecule has 0 radical (unpaired) electrons. The summed E-state index contributed by atoms with van der Waals surface area (Å²) in [5.41, 5.74) is 4.15. The molecule has 3 heterocycles. The van der Waals surface area contributed by atoms with Crippen molar-refractivity contribution in [2.75, 3.05) is 38.0 Å². The summed E-state index contributed by atoms with van der Waals surface area (Å²) in [4.78, 5) is 21.3. The van der Waals surface area contributed by atoms with Crippen LogP contribution in [-0.4, -0.2) is 60.0 Å². The number of allylic oxidation sites excluding steroid dienone is 1. The van der Waals surface area contributed by atoms with Crippen LogP contribution in [0.3, 0.4) is 0 Å². The molecule has 0 atom stereocenters. The molecule has 2 amide bonds. The minimum absolute atomic E-state index is 0.202. The van der Waals surface area contributed by atoms with Gasteiger partial charge in [0, 0.05) is 31.7 Å². The second kappa shape index (κ2) is 9.00. The lowest BCUT2D eigenvalue weighted by Gasteiger charge is -2.42. The van der Waals surface area contributed by atoms with Crippen LogP contribution in [0.2, 0.25) is 5.02 Å². The monoisotopic (exact) mass is 493 g/mol. The Morgan fingerprint density at radius 2 is 1.91 bits per heavy atom. The van der Waals surface area contributed by atoms with Gasteiger partial charge in [0.05, 0.1) is 28.5 Å². The van der Waals surface area contributed by atoms with E-state index < -0.39 is 12.0 Å². The molecule has 7 nitrogen and oxygen atoms in total. The number of rotatable bonds is 4. The Bertz CT molecular complexity index is 1130. The molecule has 2 fully saturated rings. The summed E-state index contributed by atoms with van der Waals surface area (Å²) in [6.45, 7) is 6.15. The Kier molecular flexibility index (Phi) is 6.18. The zero-order chi connectivity index (χ0) is 24.0. The summed E-state index contributed by atoms with van der Waals surface area (Å²) in [5, 5.41) is 6.49. The van der Waals surface area contributed by atoms with E-state index in [1.807, 2.05) is 13.8 Å². The van der Waals surface area contributed by atoms with Crippen LogP contribution in [0.4, 0.5) is 19.3 Å². The number of carbonyl (C=O) groups excluding carboxylic acids is 1. The quantitative estimate of drug-likeness (QED) is 0.595. The second-order valence-corrected chi connectivity index (χ2v) is 10.1.